The monoisotopic (exact) mass is 792 g/mol. The number of fused-ring (bicyclic) bond motifs is 10. The Morgan fingerprint density at radius 2 is 1.07 bits per heavy atom. The van der Waals surface area contributed by atoms with Crippen molar-refractivity contribution in [3.05, 3.63) is 211 Å². The van der Waals surface area contributed by atoms with Crippen molar-refractivity contribution in [1.82, 2.24) is 4.57 Å². The molecule has 12 rings (SSSR count). The lowest BCUT2D eigenvalue weighted by atomic mass is 10.1. The van der Waals surface area contributed by atoms with Crippen LogP contribution in [0.3, 0.4) is 0 Å². The first kappa shape index (κ1) is 34.7. The highest BCUT2D eigenvalue weighted by Gasteiger charge is 2.32. The summed E-state index contributed by atoms with van der Waals surface area (Å²) in [6.45, 7) is 0.591. The van der Waals surface area contributed by atoms with Crippen LogP contribution in [0.2, 0.25) is 0 Å². The standard InChI is InChI=1S/C54H37N2O3P/c57-60(39-14-2-1-3-15-39,40-16-12-32-55(48-20-8-4-13-36(48)24-27-40)37-25-30-53-46(33-37)43-18-6-10-22-51(43)58-53)41-28-29-50-45(35-41)42-17-5-9-21-49(42)56(50)38-26-31-54-47(34-38)44-19-7-11-23-52(44)59-54/h1-23,25-31,33-35H,24,32H2/b16-12-,40-27+. The normalized spacial score (nSPS) is 15.8. The minimum atomic E-state index is -3.40. The predicted molar refractivity (Wildman–Crippen MR) is 249 cm³/mol. The van der Waals surface area contributed by atoms with Gasteiger partial charge in [-0.25, -0.2) is 0 Å². The number of hydrogen-bond acceptors (Lipinski definition) is 4. The van der Waals surface area contributed by atoms with Crippen molar-refractivity contribution in [3.63, 3.8) is 0 Å². The SMILES string of the molecule is O=P(C1=C/Cc2ccccc2N(c2ccc3oc4ccccc4c3c2)C/C=C\1)(c1ccccc1)c1ccc2c(c1)c1ccccc1n2-c1ccc2oc3ccccc3c2c1. The van der Waals surface area contributed by atoms with E-state index in [9.17, 15) is 0 Å². The summed E-state index contributed by atoms with van der Waals surface area (Å²) in [4.78, 5) is 2.35. The summed E-state index contributed by atoms with van der Waals surface area (Å²) in [5, 5.41) is 8.96. The Kier molecular flexibility index (Phi) is 7.88. The van der Waals surface area contributed by atoms with Crippen molar-refractivity contribution in [3.8, 4) is 5.69 Å². The van der Waals surface area contributed by atoms with Crippen LogP contribution in [-0.4, -0.2) is 11.1 Å². The van der Waals surface area contributed by atoms with E-state index in [0.717, 1.165) is 104 Å². The predicted octanol–water partition coefficient (Wildman–Crippen LogP) is 13.7. The number of nitrogens with zero attached hydrogens (tertiary/aromatic N) is 2. The molecule has 3 aromatic heterocycles. The van der Waals surface area contributed by atoms with E-state index in [2.05, 4.69) is 155 Å². The molecule has 286 valence electrons. The fourth-order valence-corrected chi connectivity index (χ4v) is 12.1. The van der Waals surface area contributed by atoms with E-state index in [-0.39, 0.29) is 0 Å². The van der Waals surface area contributed by atoms with Gasteiger partial charge in [-0.2, -0.15) is 0 Å². The highest BCUT2D eigenvalue weighted by atomic mass is 31.2. The van der Waals surface area contributed by atoms with Gasteiger partial charge in [0.25, 0.3) is 0 Å². The molecule has 1 atom stereocenters. The summed E-state index contributed by atoms with van der Waals surface area (Å²) in [5.41, 5.74) is 10.0. The third-order valence-electron chi connectivity index (χ3n) is 12.2. The Balaban J connectivity index is 1.00. The van der Waals surface area contributed by atoms with E-state index >= 15 is 4.57 Å². The van der Waals surface area contributed by atoms with Gasteiger partial charge >= 0.3 is 0 Å². The van der Waals surface area contributed by atoms with Gasteiger partial charge in [0.1, 0.15) is 22.3 Å². The van der Waals surface area contributed by atoms with Gasteiger partial charge in [0.05, 0.1) is 11.0 Å². The van der Waals surface area contributed by atoms with Crippen LogP contribution in [0.1, 0.15) is 5.56 Å². The van der Waals surface area contributed by atoms with Gasteiger partial charge in [0, 0.05) is 71.8 Å². The second-order valence-electron chi connectivity index (χ2n) is 15.5. The van der Waals surface area contributed by atoms with Crippen molar-refractivity contribution < 1.29 is 13.4 Å². The van der Waals surface area contributed by atoms with Crippen molar-refractivity contribution >= 4 is 94.8 Å². The number of aromatic nitrogens is 1. The average molecular weight is 793 g/mol. The van der Waals surface area contributed by atoms with Crippen LogP contribution in [-0.2, 0) is 11.0 Å². The zero-order valence-electron chi connectivity index (χ0n) is 32.5. The van der Waals surface area contributed by atoms with Gasteiger partial charge in [-0.1, -0.05) is 121 Å². The third kappa shape index (κ3) is 5.36. The molecule has 0 radical (unpaired) electrons. The molecule has 0 aliphatic carbocycles. The summed E-state index contributed by atoms with van der Waals surface area (Å²) in [6.07, 6.45) is 7.09. The van der Waals surface area contributed by atoms with Crippen molar-refractivity contribution in [2.75, 3.05) is 11.4 Å². The van der Waals surface area contributed by atoms with E-state index in [1.807, 2.05) is 54.6 Å². The molecule has 0 N–H and O–H groups in total. The minimum Gasteiger partial charge on any atom is -0.456 e. The number of anilines is 2. The molecule has 60 heavy (non-hydrogen) atoms. The summed E-state index contributed by atoms with van der Waals surface area (Å²) in [5.74, 6) is 0. The highest BCUT2D eigenvalue weighted by molar-refractivity contribution is 7.82. The lowest BCUT2D eigenvalue weighted by Crippen LogP contribution is -2.18. The van der Waals surface area contributed by atoms with Crippen molar-refractivity contribution in [2.45, 2.75) is 6.42 Å². The molecule has 0 amide bonds. The molecule has 4 heterocycles. The fraction of sp³-hybridized carbons (Fsp3) is 0.0370. The van der Waals surface area contributed by atoms with E-state index in [0.29, 0.717) is 13.0 Å². The smallest absolute Gasteiger partial charge is 0.170 e. The molecular weight excluding hydrogens is 756 g/mol. The van der Waals surface area contributed by atoms with E-state index in [1.165, 1.54) is 0 Å². The molecule has 1 aliphatic heterocycles. The Hall–Kier alpha value is -7.33. The van der Waals surface area contributed by atoms with Gasteiger partial charge in [0.2, 0.25) is 0 Å². The molecule has 0 saturated heterocycles. The Bertz CT molecular complexity index is 3610. The molecule has 8 aromatic carbocycles. The first-order chi connectivity index (χ1) is 29.6. The van der Waals surface area contributed by atoms with Gasteiger partial charge < -0.3 is 22.9 Å². The van der Waals surface area contributed by atoms with Crippen LogP contribution in [0.25, 0.3) is 71.4 Å². The van der Waals surface area contributed by atoms with Crippen LogP contribution in [0.4, 0.5) is 11.4 Å². The molecule has 1 aliphatic rings. The molecule has 0 saturated carbocycles. The fourth-order valence-electron chi connectivity index (χ4n) is 9.34. The van der Waals surface area contributed by atoms with Crippen LogP contribution in [0, 0.1) is 0 Å². The van der Waals surface area contributed by atoms with E-state index < -0.39 is 7.14 Å². The molecule has 1 unspecified atom stereocenters. The van der Waals surface area contributed by atoms with Crippen molar-refractivity contribution in [2.24, 2.45) is 0 Å². The number of allylic oxidation sites excluding steroid dienone is 3. The molecule has 0 bridgehead atoms. The maximum Gasteiger partial charge on any atom is 0.170 e. The molecular formula is C54H37N2O3P. The van der Waals surface area contributed by atoms with Gasteiger partial charge in [-0.15, -0.1) is 0 Å². The Morgan fingerprint density at radius 1 is 0.467 bits per heavy atom. The summed E-state index contributed by atoms with van der Waals surface area (Å²) < 4.78 is 31.1. The molecule has 0 spiro atoms. The van der Waals surface area contributed by atoms with Crippen LogP contribution in [0.5, 0.6) is 0 Å². The first-order valence-electron chi connectivity index (χ1n) is 20.4. The zero-order chi connectivity index (χ0) is 39.8. The topological polar surface area (TPSA) is 51.5 Å². The highest BCUT2D eigenvalue weighted by Crippen LogP contribution is 2.54. The average Bonchev–Trinajstić information content (AvgIpc) is 3.99. The number of benzene rings is 8. The molecule has 6 heteroatoms. The molecule has 11 aromatic rings. The minimum absolute atomic E-state index is 0.591. The van der Waals surface area contributed by atoms with Gasteiger partial charge in [-0.05, 0) is 90.8 Å². The van der Waals surface area contributed by atoms with Gasteiger partial charge in [-0.3, -0.25) is 0 Å². The van der Waals surface area contributed by atoms with E-state index in [1.54, 1.807) is 0 Å². The lowest BCUT2D eigenvalue weighted by Gasteiger charge is -2.26. The van der Waals surface area contributed by atoms with E-state index in [4.69, 9.17) is 8.83 Å². The van der Waals surface area contributed by atoms with Crippen LogP contribution >= 0.6 is 7.14 Å². The van der Waals surface area contributed by atoms with Crippen LogP contribution < -0.4 is 15.5 Å². The molecule has 5 nitrogen and oxygen atoms in total. The maximum atomic E-state index is 16.4. The number of para-hydroxylation sites is 4. The first-order valence-corrected chi connectivity index (χ1v) is 22.1. The third-order valence-corrected chi connectivity index (χ3v) is 15.3. The Labute approximate surface area is 346 Å². The van der Waals surface area contributed by atoms with Crippen molar-refractivity contribution in [1.29, 1.82) is 0 Å². The second-order valence-corrected chi connectivity index (χ2v) is 18.3. The number of furan rings is 2. The summed E-state index contributed by atoms with van der Waals surface area (Å²) >= 11 is 0. The summed E-state index contributed by atoms with van der Waals surface area (Å²) in [6, 6.07) is 62.8. The van der Waals surface area contributed by atoms with Crippen LogP contribution in [0.15, 0.2) is 214 Å². The quantitative estimate of drug-likeness (QED) is 0.163. The summed E-state index contributed by atoms with van der Waals surface area (Å²) in [7, 11) is -3.40. The van der Waals surface area contributed by atoms with Gasteiger partial charge in [0.15, 0.2) is 7.14 Å². The lowest BCUT2D eigenvalue weighted by molar-refractivity contribution is 0.591. The Morgan fingerprint density at radius 3 is 1.83 bits per heavy atom. The number of hydrogen-bond donors (Lipinski definition) is 0. The zero-order valence-corrected chi connectivity index (χ0v) is 33.4. The molecule has 0 fully saturated rings. The largest absolute Gasteiger partial charge is 0.456 e. The maximum absolute atomic E-state index is 16.4. The second kappa shape index (κ2) is 13.6. The number of rotatable bonds is 5.